The number of aliphatic hydroxyl groups excluding tert-OH is 3. The summed E-state index contributed by atoms with van der Waals surface area (Å²) in [6.07, 6.45) is 1.72. The van der Waals surface area contributed by atoms with Crippen molar-refractivity contribution in [1.29, 1.82) is 0 Å². The van der Waals surface area contributed by atoms with Crippen molar-refractivity contribution in [2.24, 2.45) is 17.3 Å². The molecular formula is C26H38ClNO8. The maximum Gasteiger partial charge on any atom is 0.309 e. The normalized spacial score (nSPS) is 36.8. The van der Waals surface area contributed by atoms with E-state index < -0.39 is 47.6 Å². The maximum atomic E-state index is 13.2. The quantitative estimate of drug-likeness (QED) is 0.398. The summed E-state index contributed by atoms with van der Waals surface area (Å²) in [5, 5.41) is 31.0. The van der Waals surface area contributed by atoms with Crippen molar-refractivity contribution >= 4 is 29.4 Å². The zero-order valence-corrected chi connectivity index (χ0v) is 22.3. The van der Waals surface area contributed by atoms with Gasteiger partial charge in [-0.3, -0.25) is 9.59 Å². The fourth-order valence-electron chi connectivity index (χ4n) is 4.88. The van der Waals surface area contributed by atoms with Crippen LogP contribution in [0.4, 0.5) is 0 Å². The van der Waals surface area contributed by atoms with E-state index in [1.807, 2.05) is 13.8 Å². The first kappa shape index (κ1) is 28.8. The minimum absolute atomic E-state index is 0.119. The van der Waals surface area contributed by atoms with Gasteiger partial charge in [0.2, 0.25) is 5.89 Å². The number of halogens is 1. The van der Waals surface area contributed by atoms with E-state index in [-0.39, 0.29) is 35.3 Å². The Morgan fingerprint density at radius 3 is 2.58 bits per heavy atom. The molecule has 3 N–H and O–H groups in total. The Balaban J connectivity index is 1.85. The van der Waals surface area contributed by atoms with E-state index in [4.69, 9.17) is 30.6 Å². The number of aliphatic hydroxyl groups is 3. The molecule has 0 spiro atoms. The van der Waals surface area contributed by atoms with Crippen LogP contribution in [0.3, 0.4) is 0 Å². The van der Waals surface area contributed by atoms with Crippen LogP contribution in [0.25, 0.3) is 6.08 Å². The SMILES string of the molecule is C[C@H]1CCC[C@@]2(C)O[C@H]2C[C@@H](/C(Cl)=C/c2coc(CO)n2)OC(=O)C[C@H](O)C(C)(C)C(=O)[C@H](C)[C@H]1O. The third-order valence-corrected chi connectivity index (χ3v) is 8.06. The van der Waals surface area contributed by atoms with E-state index >= 15 is 0 Å². The summed E-state index contributed by atoms with van der Waals surface area (Å²) in [5.74, 6) is -1.72. The molecule has 2 fully saturated rings. The van der Waals surface area contributed by atoms with E-state index in [0.29, 0.717) is 18.5 Å². The molecule has 10 heteroatoms. The second kappa shape index (κ2) is 11.3. The van der Waals surface area contributed by atoms with Crippen molar-refractivity contribution in [3.63, 3.8) is 0 Å². The predicted octanol–water partition coefficient (Wildman–Crippen LogP) is 3.37. The van der Waals surface area contributed by atoms with Crippen molar-refractivity contribution in [2.75, 3.05) is 0 Å². The second-order valence-electron chi connectivity index (χ2n) is 10.9. The topological polar surface area (TPSA) is 143 Å². The van der Waals surface area contributed by atoms with Gasteiger partial charge in [-0.1, -0.05) is 45.7 Å². The first-order chi connectivity index (χ1) is 16.8. The van der Waals surface area contributed by atoms with Gasteiger partial charge in [-0.15, -0.1) is 0 Å². The van der Waals surface area contributed by atoms with Crippen LogP contribution in [0.2, 0.25) is 0 Å². The van der Waals surface area contributed by atoms with Gasteiger partial charge in [0, 0.05) is 12.3 Å². The number of fused-ring (bicyclic) bond motifs is 1. The predicted molar refractivity (Wildman–Crippen MR) is 132 cm³/mol. The highest BCUT2D eigenvalue weighted by Crippen LogP contribution is 2.45. The van der Waals surface area contributed by atoms with Crippen molar-refractivity contribution in [1.82, 2.24) is 4.98 Å². The molecule has 0 aromatic carbocycles. The number of aromatic nitrogens is 1. The number of esters is 1. The van der Waals surface area contributed by atoms with Crippen LogP contribution in [0.1, 0.15) is 78.3 Å². The van der Waals surface area contributed by atoms with E-state index in [1.54, 1.807) is 20.8 Å². The Kier molecular flexibility index (Phi) is 9.04. The summed E-state index contributed by atoms with van der Waals surface area (Å²) in [6.45, 7) is 8.34. The van der Waals surface area contributed by atoms with Crippen molar-refractivity contribution < 1.29 is 38.8 Å². The first-order valence-electron chi connectivity index (χ1n) is 12.5. The molecular weight excluding hydrogens is 490 g/mol. The first-order valence-corrected chi connectivity index (χ1v) is 12.9. The number of carbonyl (C=O) groups is 2. The monoisotopic (exact) mass is 527 g/mol. The molecule has 1 aromatic rings. The molecule has 7 atom stereocenters. The number of hydrogen-bond acceptors (Lipinski definition) is 9. The Morgan fingerprint density at radius 1 is 1.25 bits per heavy atom. The molecule has 0 unspecified atom stereocenters. The molecule has 2 aliphatic heterocycles. The third-order valence-electron chi connectivity index (χ3n) is 7.70. The number of nitrogens with zero attached hydrogens (tertiary/aromatic N) is 1. The number of oxazole rings is 1. The van der Waals surface area contributed by atoms with Crippen LogP contribution >= 0.6 is 11.6 Å². The average molecular weight is 528 g/mol. The molecule has 2 aliphatic rings. The van der Waals surface area contributed by atoms with Crippen molar-refractivity contribution in [3.8, 4) is 0 Å². The summed E-state index contributed by atoms with van der Waals surface area (Å²) >= 11 is 6.55. The van der Waals surface area contributed by atoms with Crippen molar-refractivity contribution in [3.05, 3.63) is 22.9 Å². The third kappa shape index (κ3) is 6.55. The van der Waals surface area contributed by atoms with Gasteiger partial charge in [0.25, 0.3) is 0 Å². The highest BCUT2D eigenvalue weighted by molar-refractivity contribution is 6.32. The number of epoxide rings is 1. The van der Waals surface area contributed by atoms with Gasteiger partial charge in [0.15, 0.2) is 0 Å². The summed E-state index contributed by atoms with van der Waals surface area (Å²) in [7, 11) is 0. The lowest BCUT2D eigenvalue weighted by molar-refractivity contribution is -0.154. The van der Waals surface area contributed by atoms with E-state index in [0.717, 1.165) is 12.8 Å². The zero-order valence-electron chi connectivity index (χ0n) is 21.6. The summed E-state index contributed by atoms with van der Waals surface area (Å²) in [5.41, 5.74) is -1.32. The summed E-state index contributed by atoms with van der Waals surface area (Å²) in [4.78, 5) is 30.1. The lowest BCUT2D eigenvalue weighted by atomic mass is 9.73. The number of ether oxygens (including phenoxy) is 2. The van der Waals surface area contributed by atoms with Crippen LogP contribution in [-0.4, -0.2) is 62.1 Å². The van der Waals surface area contributed by atoms with Gasteiger partial charge in [-0.2, -0.15) is 0 Å². The van der Waals surface area contributed by atoms with Gasteiger partial charge in [0.1, 0.15) is 30.5 Å². The van der Waals surface area contributed by atoms with Gasteiger partial charge in [0.05, 0.1) is 40.8 Å². The van der Waals surface area contributed by atoms with Gasteiger partial charge in [-0.05, 0) is 31.8 Å². The molecule has 202 valence electrons. The lowest BCUT2D eigenvalue weighted by Crippen LogP contribution is -2.45. The second-order valence-corrected chi connectivity index (χ2v) is 11.4. The summed E-state index contributed by atoms with van der Waals surface area (Å²) < 4.78 is 16.8. The molecule has 9 nitrogen and oxygen atoms in total. The number of cyclic esters (lactones) is 1. The number of rotatable bonds is 3. The molecule has 0 aliphatic carbocycles. The zero-order chi connectivity index (χ0) is 26.8. The molecule has 3 rings (SSSR count). The largest absolute Gasteiger partial charge is 0.456 e. The van der Waals surface area contributed by atoms with E-state index in [1.165, 1.54) is 12.3 Å². The Bertz CT molecular complexity index is 975. The molecule has 36 heavy (non-hydrogen) atoms. The van der Waals surface area contributed by atoms with Crippen LogP contribution < -0.4 is 0 Å². The van der Waals surface area contributed by atoms with Gasteiger partial charge >= 0.3 is 5.97 Å². The molecule has 0 radical (unpaired) electrons. The minimum atomic E-state index is -1.32. The molecule has 1 aromatic heterocycles. The fraction of sp³-hybridized carbons (Fsp3) is 0.731. The molecule has 0 saturated carbocycles. The van der Waals surface area contributed by atoms with Crippen LogP contribution in [0.15, 0.2) is 15.7 Å². The molecule has 0 amide bonds. The number of Topliss-reactive ketones (excluding diaryl/α,β-unsaturated/α-hetero) is 1. The summed E-state index contributed by atoms with van der Waals surface area (Å²) in [6, 6.07) is 0. The Hall–Kier alpha value is -1.78. The van der Waals surface area contributed by atoms with Crippen LogP contribution in [0.5, 0.6) is 0 Å². The fourth-order valence-corrected chi connectivity index (χ4v) is 5.13. The molecule has 3 heterocycles. The van der Waals surface area contributed by atoms with Gasteiger partial charge < -0.3 is 29.2 Å². The minimum Gasteiger partial charge on any atom is -0.456 e. The standard InChI is InChI=1S/C26H38ClNO8/c1-14-7-6-8-26(5)20(36-26)10-18(17(27)9-16-13-34-21(12-29)28-16)35-22(31)11-19(30)25(3,4)24(33)15(2)23(14)32/h9,13-15,18-20,23,29-30,32H,6-8,10-12H2,1-5H3/b17-9-/t14-,15+,18-,19-,20-,23-,26+/m0/s1. The van der Waals surface area contributed by atoms with Crippen molar-refractivity contribution in [2.45, 2.75) is 103 Å². The Labute approximate surface area is 216 Å². The maximum absolute atomic E-state index is 13.2. The lowest BCUT2D eigenvalue weighted by Gasteiger charge is -2.34. The highest BCUT2D eigenvalue weighted by atomic mass is 35.5. The smallest absolute Gasteiger partial charge is 0.309 e. The van der Waals surface area contributed by atoms with Gasteiger partial charge in [-0.25, -0.2) is 4.98 Å². The Morgan fingerprint density at radius 2 is 1.94 bits per heavy atom. The van der Waals surface area contributed by atoms with E-state index in [2.05, 4.69) is 4.98 Å². The number of carbonyl (C=O) groups excluding carboxylic acids is 2. The average Bonchev–Trinajstić information content (AvgIpc) is 3.23. The number of ketones is 1. The molecule has 2 saturated heterocycles. The van der Waals surface area contributed by atoms with Crippen LogP contribution in [0, 0.1) is 17.3 Å². The number of hydrogen-bond donors (Lipinski definition) is 3. The molecule has 0 bridgehead atoms. The van der Waals surface area contributed by atoms with Crippen LogP contribution in [-0.2, 0) is 25.7 Å². The van der Waals surface area contributed by atoms with E-state index in [9.17, 15) is 19.8 Å². The highest BCUT2D eigenvalue weighted by Gasteiger charge is 2.53.